The number of phosphoric ester groups is 2. The van der Waals surface area contributed by atoms with Crippen LogP contribution in [0.1, 0.15) is 181 Å². The summed E-state index contributed by atoms with van der Waals surface area (Å²) in [6.45, 7) is 1.72. The largest absolute Gasteiger partial charge is 0.472 e. The number of allylic oxidation sites excluding steroid dienone is 4. The number of hydrogen-bond acceptors (Lipinski definition) is 10. The van der Waals surface area contributed by atoms with Crippen LogP contribution in [-0.2, 0) is 41.8 Å². The summed E-state index contributed by atoms with van der Waals surface area (Å²) < 4.78 is 47.7. The maximum Gasteiger partial charge on any atom is 0.472 e. The molecular weight excluding hydrogens is 750 g/mol. The molecule has 3 atom stereocenters. The Kier molecular flexibility index (Phi) is 36.0. The van der Waals surface area contributed by atoms with Crippen molar-refractivity contribution in [3.8, 4) is 0 Å². The van der Waals surface area contributed by atoms with Gasteiger partial charge in [-0.1, -0.05) is 128 Å². The van der Waals surface area contributed by atoms with E-state index in [-0.39, 0.29) is 19.4 Å². The van der Waals surface area contributed by atoms with Crippen molar-refractivity contribution >= 4 is 27.6 Å². The molecule has 0 aromatic carbocycles. The Balaban J connectivity index is 4.54. The molecule has 324 valence electrons. The Labute approximate surface area is 332 Å². The number of aliphatic hydroxyl groups excluding tert-OH is 1. The Morgan fingerprint density at radius 2 is 0.891 bits per heavy atom. The number of aliphatic hydroxyl groups is 1. The molecule has 0 aliphatic rings. The first-order valence-corrected chi connectivity index (χ1v) is 24.1. The van der Waals surface area contributed by atoms with Gasteiger partial charge < -0.3 is 29.3 Å². The van der Waals surface area contributed by atoms with E-state index in [1.807, 2.05) is 0 Å². The first kappa shape index (κ1) is 53.6. The molecule has 0 fully saturated rings. The molecule has 15 heteroatoms. The molecule has 0 radical (unpaired) electrons. The van der Waals surface area contributed by atoms with Gasteiger partial charge in [0.15, 0.2) is 6.10 Å². The molecule has 0 bridgehead atoms. The average Bonchev–Trinajstić information content (AvgIpc) is 3.14. The maximum absolute atomic E-state index is 12.6. The minimum absolute atomic E-state index is 0.122. The van der Waals surface area contributed by atoms with Crippen molar-refractivity contribution < 1.29 is 61.6 Å². The normalized spacial score (nSPS) is 14.4. The molecule has 4 N–H and O–H groups in total. The van der Waals surface area contributed by atoms with Gasteiger partial charge in [-0.3, -0.25) is 23.2 Å². The topological polar surface area (TPSA) is 195 Å². The summed E-state index contributed by atoms with van der Waals surface area (Å²) in [5, 5.41) is 9.73. The lowest BCUT2D eigenvalue weighted by molar-refractivity contribution is -0.161. The van der Waals surface area contributed by atoms with Crippen LogP contribution >= 0.6 is 15.6 Å². The van der Waals surface area contributed by atoms with Crippen molar-refractivity contribution in [2.45, 2.75) is 193 Å². The van der Waals surface area contributed by atoms with Gasteiger partial charge in [0.25, 0.3) is 0 Å². The molecule has 0 aromatic rings. The molecule has 0 aromatic heterocycles. The lowest BCUT2D eigenvalue weighted by Gasteiger charge is -2.20. The summed E-state index contributed by atoms with van der Waals surface area (Å²) in [6.07, 6.45) is 33.1. The fourth-order valence-electron chi connectivity index (χ4n) is 5.57. The van der Waals surface area contributed by atoms with Crippen LogP contribution in [0.15, 0.2) is 24.3 Å². The van der Waals surface area contributed by atoms with Crippen LogP contribution in [0, 0.1) is 0 Å². The molecule has 0 aliphatic carbocycles. The van der Waals surface area contributed by atoms with E-state index in [0.717, 1.165) is 70.6 Å². The second-order valence-corrected chi connectivity index (χ2v) is 16.9. The standard InChI is InChI=1S/C40H76O13P2/c1-3-5-7-9-11-13-15-17-18-20-21-23-25-27-29-31-39(42)49-35-38(36-52-55(47,48)51-34-37(41)33-50-54(44,45)46)53-40(43)32-30-28-26-24-22-19-16-14-12-10-8-6-4-2/h13-16,37-38,41H,3-12,17-36H2,1-2H3,(H,47,48)(H2,44,45,46). The second-order valence-electron chi connectivity index (χ2n) is 14.3. The van der Waals surface area contributed by atoms with Crippen LogP contribution in [0.3, 0.4) is 0 Å². The van der Waals surface area contributed by atoms with E-state index in [9.17, 15) is 28.7 Å². The monoisotopic (exact) mass is 826 g/mol. The maximum atomic E-state index is 12.6. The fraction of sp³-hybridized carbons (Fsp3) is 0.850. The van der Waals surface area contributed by atoms with Gasteiger partial charge in [0.1, 0.15) is 12.7 Å². The van der Waals surface area contributed by atoms with Crippen molar-refractivity contribution in [3.63, 3.8) is 0 Å². The highest BCUT2D eigenvalue weighted by molar-refractivity contribution is 7.47. The number of esters is 2. The van der Waals surface area contributed by atoms with E-state index in [4.69, 9.17) is 23.8 Å². The third kappa shape index (κ3) is 40.6. The van der Waals surface area contributed by atoms with E-state index in [1.54, 1.807) is 0 Å². The van der Waals surface area contributed by atoms with Gasteiger partial charge in [0.05, 0.1) is 19.8 Å². The van der Waals surface area contributed by atoms with Gasteiger partial charge in [-0.05, 0) is 64.2 Å². The lowest BCUT2D eigenvalue weighted by Crippen LogP contribution is -2.30. The third-order valence-electron chi connectivity index (χ3n) is 8.80. The molecule has 0 spiro atoms. The number of rotatable bonds is 40. The first-order chi connectivity index (χ1) is 26.4. The SMILES string of the molecule is CCCCCCC=CCCCCCCCCCC(=O)OCC(COP(=O)(O)OCC(O)COP(=O)(O)O)OC(=O)CCCCCCCC=CCCCCCC. The molecule has 0 saturated heterocycles. The molecule has 0 saturated carbocycles. The van der Waals surface area contributed by atoms with Crippen LogP contribution in [0.2, 0.25) is 0 Å². The van der Waals surface area contributed by atoms with Gasteiger partial charge in [-0.15, -0.1) is 0 Å². The lowest BCUT2D eigenvalue weighted by atomic mass is 10.1. The minimum Gasteiger partial charge on any atom is -0.462 e. The zero-order chi connectivity index (χ0) is 40.9. The van der Waals surface area contributed by atoms with Gasteiger partial charge in [0.2, 0.25) is 0 Å². The van der Waals surface area contributed by atoms with Gasteiger partial charge in [-0.2, -0.15) is 0 Å². The third-order valence-corrected chi connectivity index (χ3v) is 10.2. The fourth-order valence-corrected chi connectivity index (χ4v) is 6.73. The number of phosphoric acid groups is 2. The van der Waals surface area contributed by atoms with E-state index in [0.29, 0.717) is 12.8 Å². The number of ether oxygens (including phenoxy) is 2. The second kappa shape index (κ2) is 36.9. The Morgan fingerprint density at radius 1 is 0.509 bits per heavy atom. The van der Waals surface area contributed by atoms with E-state index >= 15 is 0 Å². The minimum atomic E-state index is -4.86. The molecule has 13 nitrogen and oxygen atoms in total. The summed E-state index contributed by atoms with van der Waals surface area (Å²) in [6, 6.07) is 0. The predicted molar refractivity (Wildman–Crippen MR) is 216 cm³/mol. The number of carbonyl (C=O) groups is 2. The van der Waals surface area contributed by atoms with Gasteiger partial charge >= 0.3 is 27.6 Å². The average molecular weight is 827 g/mol. The Morgan fingerprint density at radius 3 is 1.35 bits per heavy atom. The molecule has 3 unspecified atom stereocenters. The van der Waals surface area contributed by atoms with Crippen molar-refractivity contribution in [2.75, 3.05) is 26.4 Å². The highest BCUT2D eigenvalue weighted by Gasteiger charge is 2.28. The quantitative estimate of drug-likeness (QED) is 0.0197. The smallest absolute Gasteiger partial charge is 0.462 e. The highest BCUT2D eigenvalue weighted by Crippen LogP contribution is 2.43. The number of carbonyl (C=O) groups excluding carboxylic acids is 2. The summed E-state index contributed by atoms with van der Waals surface area (Å²) in [5.41, 5.74) is 0. The van der Waals surface area contributed by atoms with Crippen LogP contribution in [-0.4, -0.2) is 70.4 Å². The summed E-state index contributed by atoms with van der Waals surface area (Å²) in [7, 11) is -9.66. The van der Waals surface area contributed by atoms with Crippen LogP contribution in [0.4, 0.5) is 0 Å². The van der Waals surface area contributed by atoms with E-state index in [1.165, 1.54) is 70.6 Å². The highest BCUT2D eigenvalue weighted by atomic mass is 31.2. The Hall–Kier alpha value is -1.40. The van der Waals surface area contributed by atoms with Crippen LogP contribution in [0.25, 0.3) is 0 Å². The van der Waals surface area contributed by atoms with Gasteiger partial charge in [0, 0.05) is 12.8 Å². The Bertz CT molecular complexity index is 1080. The van der Waals surface area contributed by atoms with Crippen LogP contribution < -0.4 is 0 Å². The zero-order valence-electron chi connectivity index (χ0n) is 34.0. The van der Waals surface area contributed by atoms with Gasteiger partial charge in [-0.25, -0.2) is 9.13 Å². The summed E-state index contributed by atoms with van der Waals surface area (Å²) in [4.78, 5) is 52.6. The number of unbranched alkanes of at least 4 members (excludes halogenated alkanes) is 20. The van der Waals surface area contributed by atoms with Crippen molar-refractivity contribution in [3.05, 3.63) is 24.3 Å². The molecule has 0 heterocycles. The van der Waals surface area contributed by atoms with Crippen molar-refractivity contribution in [1.82, 2.24) is 0 Å². The molecule has 55 heavy (non-hydrogen) atoms. The van der Waals surface area contributed by atoms with Crippen molar-refractivity contribution in [1.29, 1.82) is 0 Å². The van der Waals surface area contributed by atoms with E-state index in [2.05, 4.69) is 47.2 Å². The predicted octanol–water partition coefficient (Wildman–Crippen LogP) is 10.3. The van der Waals surface area contributed by atoms with E-state index < -0.39 is 59.6 Å². The zero-order valence-corrected chi connectivity index (χ0v) is 35.8. The molecule has 0 rings (SSSR count). The van der Waals surface area contributed by atoms with Crippen molar-refractivity contribution in [2.24, 2.45) is 0 Å². The first-order valence-electron chi connectivity index (χ1n) is 21.0. The molecule has 0 aliphatic heterocycles. The summed E-state index contributed by atoms with van der Waals surface area (Å²) in [5.74, 6) is -1.04. The molecule has 0 amide bonds. The van der Waals surface area contributed by atoms with Crippen LogP contribution in [0.5, 0.6) is 0 Å². The summed E-state index contributed by atoms with van der Waals surface area (Å²) >= 11 is 0. The number of hydrogen-bond donors (Lipinski definition) is 4. The molecular formula is C40H76O13P2.